The molecule has 0 N–H and O–H groups in total. The summed E-state index contributed by atoms with van der Waals surface area (Å²) in [6.07, 6.45) is 1.88. The molecule has 0 spiro atoms. The van der Waals surface area contributed by atoms with Crippen LogP contribution in [0, 0.1) is 0 Å². The predicted molar refractivity (Wildman–Crippen MR) is 71.8 cm³/mol. The molecule has 0 nitrogen and oxygen atoms in total. The van der Waals surface area contributed by atoms with E-state index in [0.717, 1.165) is 4.43 Å². The highest BCUT2D eigenvalue weighted by molar-refractivity contribution is 14.1. The summed E-state index contributed by atoms with van der Waals surface area (Å²) in [7, 11) is 0. The highest BCUT2D eigenvalue weighted by Crippen LogP contribution is 2.19. The number of halogens is 1. The first-order chi connectivity index (χ1) is 6.83. The molecule has 0 aliphatic heterocycles. The Hall–Kier alpha value is -0.830. The molecular weight excluding hydrogens is 283 g/mol. The highest BCUT2D eigenvalue weighted by atomic mass is 127. The van der Waals surface area contributed by atoms with Crippen LogP contribution in [0.3, 0.4) is 0 Å². The second-order valence-electron chi connectivity index (χ2n) is 3.28. The second-order valence-corrected chi connectivity index (χ2v) is 4.04. The molecule has 0 radical (unpaired) electrons. The van der Waals surface area contributed by atoms with Crippen molar-refractivity contribution >= 4 is 39.4 Å². The zero-order valence-electron chi connectivity index (χ0n) is 7.83. The summed E-state index contributed by atoms with van der Waals surface area (Å²) in [6.45, 7) is 3.77. The van der Waals surface area contributed by atoms with Gasteiger partial charge in [0, 0.05) is 4.43 Å². The standard InChI is InChI=1S/C13H11I/c1-2-10-3-5-13-8-11(9-14)4-6-12(13)7-10/h2-8H,1,9H2. The van der Waals surface area contributed by atoms with Gasteiger partial charge < -0.3 is 0 Å². The monoisotopic (exact) mass is 294 g/mol. The normalized spacial score (nSPS) is 10.4. The quantitative estimate of drug-likeness (QED) is 0.568. The van der Waals surface area contributed by atoms with Crippen LogP contribution in [0.15, 0.2) is 43.0 Å². The van der Waals surface area contributed by atoms with Crippen molar-refractivity contribution in [3.05, 3.63) is 54.1 Å². The van der Waals surface area contributed by atoms with E-state index < -0.39 is 0 Å². The Balaban J connectivity index is 2.63. The lowest BCUT2D eigenvalue weighted by Gasteiger charge is -2.01. The average Bonchev–Trinajstić information content (AvgIpc) is 2.27. The first kappa shape index (κ1) is 9.71. The molecular formula is C13H11I. The summed E-state index contributed by atoms with van der Waals surface area (Å²) in [5.41, 5.74) is 2.56. The van der Waals surface area contributed by atoms with Gasteiger partial charge in [-0.3, -0.25) is 0 Å². The van der Waals surface area contributed by atoms with E-state index in [-0.39, 0.29) is 0 Å². The van der Waals surface area contributed by atoms with Gasteiger partial charge in [0.15, 0.2) is 0 Å². The third-order valence-corrected chi connectivity index (χ3v) is 3.20. The summed E-state index contributed by atoms with van der Waals surface area (Å²) in [6, 6.07) is 13.0. The van der Waals surface area contributed by atoms with Gasteiger partial charge >= 0.3 is 0 Å². The fraction of sp³-hybridized carbons (Fsp3) is 0.0769. The molecule has 0 aromatic heterocycles. The highest BCUT2D eigenvalue weighted by Gasteiger charge is 1.95. The van der Waals surface area contributed by atoms with Crippen LogP contribution < -0.4 is 0 Å². The van der Waals surface area contributed by atoms with Gasteiger partial charge in [-0.25, -0.2) is 0 Å². The van der Waals surface area contributed by atoms with Gasteiger partial charge in [0.05, 0.1) is 0 Å². The van der Waals surface area contributed by atoms with Gasteiger partial charge in [0.25, 0.3) is 0 Å². The molecule has 14 heavy (non-hydrogen) atoms. The maximum absolute atomic E-state index is 3.77. The molecule has 0 saturated carbocycles. The lowest BCUT2D eigenvalue weighted by Crippen LogP contribution is -1.79. The molecule has 0 aliphatic carbocycles. The predicted octanol–water partition coefficient (Wildman–Crippen LogP) is 4.42. The van der Waals surface area contributed by atoms with Crippen molar-refractivity contribution in [2.75, 3.05) is 0 Å². The van der Waals surface area contributed by atoms with Crippen molar-refractivity contribution in [1.82, 2.24) is 0 Å². The van der Waals surface area contributed by atoms with E-state index in [0.29, 0.717) is 0 Å². The minimum absolute atomic E-state index is 1.07. The van der Waals surface area contributed by atoms with Crippen LogP contribution in [0.5, 0.6) is 0 Å². The molecule has 0 atom stereocenters. The molecule has 2 rings (SSSR count). The molecule has 0 saturated heterocycles. The Morgan fingerprint density at radius 1 is 1.07 bits per heavy atom. The van der Waals surface area contributed by atoms with Crippen LogP contribution in [0.2, 0.25) is 0 Å². The molecule has 0 amide bonds. The first-order valence-electron chi connectivity index (χ1n) is 4.54. The van der Waals surface area contributed by atoms with Crippen LogP contribution in [0.1, 0.15) is 11.1 Å². The van der Waals surface area contributed by atoms with Gasteiger partial charge in [-0.2, -0.15) is 0 Å². The molecule has 0 heterocycles. The molecule has 70 valence electrons. The van der Waals surface area contributed by atoms with Crippen molar-refractivity contribution in [2.45, 2.75) is 4.43 Å². The SMILES string of the molecule is C=Cc1ccc2cc(CI)ccc2c1. The van der Waals surface area contributed by atoms with Crippen LogP contribution >= 0.6 is 22.6 Å². The molecule has 0 unspecified atom stereocenters. The Morgan fingerprint density at radius 3 is 2.50 bits per heavy atom. The topological polar surface area (TPSA) is 0 Å². The van der Waals surface area contributed by atoms with Crippen LogP contribution in [-0.2, 0) is 4.43 Å². The maximum Gasteiger partial charge on any atom is 0.0247 e. The van der Waals surface area contributed by atoms with E-state index in [1.807, 2.05) is 6.08 Å². The third kappa shape index (κ3) is 1.82. The van der Waals surface area contributed by atoms with Gasteiger partial charge in [0.1, 0.15) is 0 Å². The maximum atomic E-state index is 3.77. The fourth-order valence-corrected chi connectivity index (χ4v) is 2.00. The molecule has 2 aromatic carbocycles. The average molecular weight is 294 g/mol. The molecule has 2 aromatic rings. The van der Waals surface area contributed by atoms with Crippen molar-refractivity contribution in [3.63, 3.8) is 0 Å². The number of benzene rings is 2. The molecule has 0 aliphatic rings. The van der Waals surface area contributed by atoms with E-state index in [2.05, 4.69) is 65.6 Å². The summed E-state index contributed by atoms with van der Waals surface area (Å²) < 4.78 is 1.07. The fourth-order valence-electron chi connectivity index (χ4n) is 1.52. The van der Waals surface area contributed by atoms with Crippen molar-refractivity contribution in [2.24, 2.45) is 0 Å². The Labute approximate surface area is 97.8 Å². The Morgan fingerprint density at radius 2 is 1.79 bits per heavy atom. The van der Waals surface area contributed by atoms with E-state index in [9.17, 15) is 0 Å². The first-order valence-corrected chi connectivity index (χ1v) is 6.07. The number of alkyl halides is 1. The van der Waals surface area contributed by atoms with Crippen LogP contribution in [-0.4, -0.2) is 0 Å². The lowest BCUT2D eigenvalue weighted by molar-refractivity contribution is 1.48. The summed E-state index contributed by atoms with van der Waals surface area (Å²) in [4.78, 5) is 0. The number of hydrogen-bond acceptors (Lipinski definition) is 0. The molecule has 1 heteroatoms. The minimum Gasteiger partial charge on any atom is -0.0985 e. The van der Waals surface area contributed by atoms with E-state index in [1.165, 1.54) is 21.9 Å². The molecule has 0 bridgehead atoms. The summed E-state index contributed by atoms with van der Waals surface area (Å²) >= 11 is 2.38. The lowest BCUT2D eigenvalue weighted by atomic mass is 10.1. The van der Waals surface area contributed by atoms with Gasteiger partial charge in [-0.15, -0.1) is 0 Å². The Bertz CT molecular complexity index is 472. The van der Waals surface area contributed by atoms with Crippen LogP contribution in [0.25, 0.3) is 16.8 Å². The number of hydrogen-bond donors (Lipinski definition) is 0. The Kier molecular flexibility index (Phi) is 2.87. The zero-order chi connectivity index (χ0) is 9.97. The van der Waals surface area contributed by atoms with Gasteiger partial charge in [-0.05, 0) is 28.0 Å². The van der Waals surface area contributed by atoms with Crippen molar-refractivity contribution in [1.29, 1.82) is 0 Å². The summed E-state index contributed by atoms with van der Waals surface area (Å²) in [5, 5.41) is 2.60. The largest absolute Gasteiger partial charge is 0.0985 e. The van der Waals surface area contributed by atoms with E-state index >= 15 is 0 Å². The van der Waals surface area contributed by atoms with Crippen molar-refractivity contribution < 1.29 is 0 Å². The number of rotatable bonds is 2. The van der Waals surface area contributed by atoms with Gasteiger partial charge in [-0.1, -0.05) is 65.6 Å². The van der Waals surface area contributed by atoms with E-state index in [4.69, 9.17) is 0 Å². The summed E-state index contributed by atoms with van der Waals surface area (Å²) in [5.74, 6) is 0. The van der Waals surface area contributed by atoms with E-state index in [1.54, 1.807) is 0 Å². The zero-order valence-corrected chi connectivity index (χ0v) is 9.99. The number of fused-ring (bicyclic) bond motifs is 1. The minimum atomic E-state index is 1.07. The van der Waals surface area contributed by atoms with Gasteiger partial charge in [0.2, 0.25) is 0 Å². The third-order valence-electron chi connectivity index (χ3n) is 2.32. The van der Waals surface area contributed by atoms with Crippen molar-refractivity contribution in [3.8, 4) is 0 Å². The van der Waals surface area contributed by atoms with Crippen LogP contribution in [0.4, 0.5) is 0 Å². The second kappa shape index (κ2) is 4.13. The molecule has 0 fully saturated rings. The smallest absolute Gasteiger partial charge is 0.0247 e.